The first-order valence-electron chi connectivity index (χ1n) is 5.24. The van der Waals surface area contributed by atoms with Crippen LogP contribution in [0.3, 0.4) is 0 Å². The number of carbonyl (C=O) groups excluding carboxylic acids is 1. The summed E-state index contributed by atoms with van der Waals surface area (Å²) in [6.07, 6.45) is 1.66. The third-order valence-electron chi connectivity index (χ3n) is 2.75. The van der Waals surface area contributed by atoms with Gasteiger partial charge in [0.15, 0.2) is 5.76 Å². The van der Waals surface area contributed by atoms with E-state index < -0.39 is 5.79 Å². The maximum Gasteiger partial charge on any atom is 0.307 e. The molecule has 0 bridgehead atoms. The second-order valence-electron chi connectivity index (χ2n) is 4.20. The molecule has 2 atom stereocenters. The van der Waals surface area contributed by atoms with Crippen LogP contribution in [0.4, 0.5) is 0 Å². The van der Waals surface area contributed by atoms with Crippen LogP contribution in [-0.4, -0.2) is 24.5 Å². The zero-order valence-corrected chi connectivity index (χ0v) is 9.33. The summed E-state index contributed by atoms with van der Waals surface area (Å²) in [5, 5.41) is 0. The van der Waals surface area contributed by atoms with E-state index in [9.17, 15) is 4.79 Å². The molecule has 84 valence electrons. The van der Waals surface area contributed by atoms with Crippen molar-refractivity contribution >= 4 is 5.97 Å². The standard InChI is InChI=1S/C11H16O4/c1-7-4-5-11(10(7)14-9(3)12)13-6-8(2)15-11/h8H,4-6H2,1-3H3. The minimum Gasteiger partial charge on any atom is -0.425 e. The van der Waals surface area contributed by atoms with Crippen molar-refractivity contribution < 1.29 is 19.0 Å². The first-order chi connectivity index (χ1) is 7.03. The zero-order valence-electron chi connectivity index (χ0n) is 9.33. The molecule has 0 aromatic carbocycles. The van der Waals surface area contributed by atoms with Crippen LogP contribution < -0.4 is 0 Å². The van der Waals surface area contributed by atoms with Gasteiger partial charge in [-0.2, -0.15) is 0 Å². The van der Waals surface area contributed by atoms with Crippen LogP contribution in [0, 0.1) is 0 Å². The van der Waals surface area contributed by atoms with E-state index in [2.05, 4.69) is 0 Å². The van der Waals surface area contributed by atoms with Crippen LogP contribution in [-0.2, 0) is 19.0 Å². The fourth-order valence-electron chi connectivity index (χ4n) is 2.11. The van der Waals surface area contributed by atoms with Crippen LogP contribution in [0.1, 0.15) is 33.6 Å². The molecule has 4 heteroatoms. The lowest BCUT2D eigenvalue weighted by Crippen LogP contribution is -2.32. The van der Waals surface area contributed by atoms with Gasteiger partial charge in [-0.25, -0.2) is 0 Å². The van der Waals surface area contributed by atoms with E-state index >= 15 is 0 Å². The van der Waals surface area contributed by atoms with E-state index in [4.69, 9.17) is 14.2 Å². The Morgan fingerprint density at radius 2 is 2.33 bits per heavy atom. The summed E-state index contributed by atoms with van der Waals surface area (Å²) >= 11 is 0. The van der Waals surface area contributed by atoms with Crippen molar-refractivity contribution in [1.82, 2.24) is 0 Å². The molecule has 1 aliphatic carbocycles. The highest BCUT2D eigenvalue weighted by molar-refractivity contribution is 5.67. The average Bonchev–Trinajstić information content (AvgIpc) is 2.65. The maximum atomic E-state index is 11.0. The van der Waals surface area contributed by atoms with E-state index in [1.54, 1.807) is 0 Å². The quantitative estimate of drug-likeness (QED) is 0.621. The molecule has 2 unspecified atom stereocenters. The highest BCUT2D eigenvalue weighted by atomic mass is 16.8. The van der Waals surface area contributed by atoms with Gasteiger partial charge in [0.2, 0.25) is 5.79 Å². The average molecular weight is 212 g/mol. The monoisotopic (exact) mass is 212 g/mol. The Labute approximate surface area is 89.2 Å². The molecule has 0 aromatic rings. The Kier molecular flexibility index (Phi) is 2.56. The van der Waals surface area contributed by atoms with Crippen LogP contribution >= 0.6 is 0 Å². The van der Waals surface area contributed by atoms with Crippen molar-refractivity contribution in [1.29, 1.82) is 0 Å². The number of esters is 1. The molecule has 0 aromatic heterocycles. The minimum absolute atomic E-state index is 0.0569. The number of ether oxygens (including phenoxy) is 3. The molecule has 1 saturated heterocycles. The summed E-state index contributed by atoms with van der Waals surface area (Å²) in [6.45, 7) is 5.85. The van der Waals surface area contributed by atoms with E-state index in [1.165, 1.54) is 6.92 Å². The topological polar surface area (TPSA) is 44.8 Å². The van der Waals surface area contributed by atoms with Crippen LogP contribution in [0.2, 0.25) is 0 Å². The lowest BCUT2D eigenvalue weighted by molar-refractivity contribution is -0.172. The van der Waals surface area contributed by atoms with Crippen molar-refractivity contribution in [2.75, 3.05) is 6.61 Å². The van der Waals surface area contributed by atoms with Gasteiger partial charge in [-0.05, 0) is 25.8 Å². The van der Waals surface area contributed by atoms with Crippen molar-refractivity contribution in [3.63, 3.8) is 0 Å². The molecular weight excluding hydrogens is 196 g/mol. The van der Waals surface area contributed by atoms with Gasteiger partial charge in [0.25, 0.3) is 0 Å². The van der Waals surface area contributed by atoms with E-state index in [0.29, 0.717) is 12.4 Å². The first-order valence-corrected chi connectivity index (χ1v) is 5.24. The van der Waals surface area contributed by atoms with Gasteiger partial charge in [0.05, 0.1) is 12.7 Å². The molecule has 0 amide bonds. The van der Waals surface area contributed by atoms with Gasteiger partial charge in [-0.1, -0.05) is 0 Å². The Morgan fingerprint density at radius 1 is 1.60 bits per heavy atom. The van der Waals surface area contributed by atoms with Gasteiger partial charge >= 0.3 is 5.97 Å². The smallest absolute Gasteiger partial charge is 0.307 e. The largest absolute Gasteiger partial charge is 0.425 e. The highest BCUT2D eigenvalue weighted by Gasteiger charge is 2.49. The SMILES string of the molecule is CC(=O)OC1=C(C)CCC12OCC(C)O2. The second-order valence-corrected chi connectivity index (χ2v) is 4.20. The summed E-state index contributed by atoms with van der Waals surface area (Å²) < 4.78 is 16.6. The van der Waals surface area contributed by atoms with Crippen molar-refractivity contribution in [2.24, 2.45) is 0 Å². The van der Waals surface area contributed by atoms with E-state index in [1.807, 2.05) is 13.8 Å². The molecular formula is C11H16O4. The van der Waals surface area contributed by atoms with Crippen molar-refractivity contribution in [3.8, 4) is 0 Å². The van der Waals surface area contributed by atoms with Crippen LogP contribution in [0.5, 0.6) is 0 Å². The van der Waals surface area contributed by atoms with Gasteiger partial charge in [-0.3, -0.25) is 4.79 Å². The third-order valence-corrected chi connectivity index (χ3v) is 2.75. The van der Waals surface area contributed by atoms with Crippen molar-refractivity contribution in [2.45, 2.75) is 45.5 Å². The summed E-state index contributed by atoms with van der Waals surface area (Å²) in [7, 11) is 0. The molecule has 0 radical (unpaired) electrons. The molecule has 1 aliphatic heterocycles. The highest BCUT2D eigenvalue weighted by Crippen LogP contribution is 2.43. The molecule has 15 heavy (non-hydrogen) atoms. The summed E-state index contributed by atoms with van der Waals surface area (Å²) in [5.74, 6) is -0.536. The van der Waals surface area contributed by atoms with Gasteiger partial charge in [0.1, 0.15) is 0 Å². The lowest BCUT2D eigenvalue weighted by Gasteiger charge is -2.24. The molecule has 2 rings (SSSR count). The van der Waals surface area contributed by atoms with Gasteiger partial charge in [-0.15, -0.1) is 0 Å². The summed E-state index contributed by atoms with van der Waals surface area (Å²) in [5.41, 5.74) is 1.04. The molecule has 0 saturated carbocycles. The number of rotatable bonds is 1. The third kappa shape index (κ3) is 1.79. The number of hydrogen-bond donors (Lipinski definition) is 0. The molecule has 1 heterocycles. The molecule has 1 fully saturated rings. The minimum atomic E-state index is -0.783. The first kappa shape index (κ1) is 10.6. The maximum absolute atomic E-state index is 11.0. The lowest BCUT2D eigenvalue weighted by atomic mass is 10.2. The summed E-state index contributed by atoms with van der Waals surface area (Å²) in [6, 6.07) is 0. The molecule has 4 nitrogen and oxygen atoms in total. The van der Waals surface area contributed by atoms with E-state index in [0.717, 1.165) is 18.4 Å². The van der Waals surface area contributed by atoms with Crippen molar-refractivity contribution in [3.05, 3.63) is 11.3 Å². The Hall–Kier alpha value is -0.870. The Balaban J connectivity index is 2.23. The van der Waals surface area contributed by atoms with Crippen LogP contribution in [0.15, 0.2) is 11.3 Å². The molecule has 1 spiro atoms. The molecule has 2 aliphatic rings. The number of hydrogen-bond acceptors (Lipinski definition) is 4. The predicted molar refractivity (Wildman–Crippen MR) is 52.9 cm³/mol. The fourth-order valence-corrected chi connectivity index (χ4v) is 2.11. The predicted octanol–water partition coefficient (Wildman–Crippen LogP) is 1.75. The normalized spacial score (nSPS) is 35.3. The summed E-state index contributed by atoms with van der Waals surface area (Å²) in [4.78, 5) is 11.0. The Morgan fingerprint density at radius 3 is 2.87 bits per heavy atom. The van der Waals surface area contributed by atoms with Gasteiger partial charge < -0.3 is 14.2 Å². The number of allylic oxidation sites excluding steroid dienone is 1. The zero-order chi connectivity index (χ0) is 11.1. The van der Waals surface area contributed by atoms with E-state index in [-0.39, 0.29) is 12.1 Å². The van der Waals surface area contributed by atoms with Crippen LogP contribution in [0.25, 0.3) is 0 Å². The Bertz CT molecular complexity index is 321. The van der Waals surface area contributed by atoms with Gasteiger partial charge in [0, 0.05) is 13.3 Å². The fraction of sp³-hybridized carbons (Fsp3) is 0.727. The second kappa shape index (κ2) is 3.61. The number of carbonyl (C=O) groups is 1. The molecule has 0 N–H and O–H groups in total.